The van der Waals surface area contributed by atoms with Crippen LogP contribution < -0.4 is 5.32 Å². The standard InChI is InChI=1S/C15H21NO/c1-11(2)10-14(12-6-4-3-5-7-12)16-15(17)13-8-9-13/h3-7,11,13-14H,8-10H2,1-2H3,(H,16,17)/t14-/m0/s1. The fourth-order valence-corrected chi connectivity index (χ4v) is 2.07. The molecule has 0 saturated heterocycles. The molecule has 0 heterocycles. The topological polar surface area (TPSA) is 29.1 Å². The summed E-state index contributed by atoms with van der Waals surface area (Å²) in [6.45, 7) is 4.39. The van der Waals surface area contributed by atoms with Crippen LogP contribution in [-0.2, 0) is 4.79 Å². The molecule has 92 valence electrons. The van der Waals surface area contributed by atoms with Gasteiger partial charge in [-0.1, -0.05) is 44.2 Å². The van der Waals surface area contributed by atoms with Crippen LogP contribution in [0.2, 0.25) is 0 Å². The van der Waals surface area contributed by atoms with E-state index in [1.807, 2.05) is 18.2 Å². The number of rotatable bonds is 5. The number of amides is 1. The lowest BCUT2D eigenvalue weighted by molar-refractivity contribution is -0.123. The predicted octanol–water partition coefficient (Wildman–Crippen LogP) is 3.30. The van der Waals surface area contributed by atoms with E-state index in [0.717, 1.165) is 19.3 Å². The maximum atomic E-state index is 11.9. The first kappa shape index (κ1) is 12.2. The predicted molar refractivity (Wildman–Crippen MR) is 69.5 cm³/mol. The summed E-state index contributed by atoms with van der Waals surface area (Å²) in [6.07, 6.45) is 3.13. The van der Waals surface area contributed by atoms with E-state index in [1.165, 1.54) is 5.56 Å². The molecule has 0 radical (unpaired) electrons. The summed E-state index contributed by atoms with van der Waals surface area (Å²) >= 11 is 0. The van der Waals surface area contributed by atoms with Crippen LogP contribution in [0.15, 0.2) is 30.3 Å². The van der Waals surface area contributed by atoms with Gasteiger partial charge in [0.1, 0.15) is 0 Å². The third kappa shape index (κ3) is 3.58. The van der Waals surface area contributed by atoms with Crippen LogP contribution in [0, 0.1) is 11.8 Å². The van der Waals surface area contributed by atoms with Crippen LogP contribution in [-0.4, -0.2) is 5.91 Å². The van der Waals surface area contributed by atoms with E-state index in [4.69, 9.17) is 0 Å². The number of carbonyl (C=O) groups excluding carboxylic acids is 1. The van der Waals surface area contributed by atoms with Crippen LogP contribution in [0.1, 0.15) is 44.7 Å². The number of hydrogen-bond donors (Lipinski definition) is 1. The Hall–Kier alpha value is -1.31. The van der Waals surface area contributed by atoms with Gasteiger partial charge in [0.2, 0.25) is 5.91 Å². The maximum Gasteiger partial charge on any atom is 0.223 e. The summed E-state index contributed by atoms with van der Waals surface area (Å²) < 4.78 is 0. The highest BCUT2D eigenvalue weighted by Gasteiger charge is 2.31. The van der Waals surface area contributed by atoms with Crippen molar-refractivity contribution < 1.29 is 4.79 Å². The highest BCUT2D eigenvalue weighted by atomic mass is 16.2. The van der Waals surface area contributed by atoms with Crippen LogP contribution in [0.5, 0.6) is 0 Å². The smallest absolute Gasteiger partial charge is 0.223 e. The molecule has 1 saturated carbocycles. The third-order valence-corrected chi connectivity index (χ3v) is 3.17. The first-order valence-electron chi connectivity index (χ1n) is 6.52. The van der Waals surface area contributed by atoms with Gasteiger partial charge in [-0.05, 0) is 30.7 Å². The van der Waals surface area contributed by atoms with Crippen molar-refractivity contribution in [3.05, 3.63) is 35.9 Å². The molecule has 0 aliphatic heterocycles. The van der Waals surface area contributed by atoms with Gasteiger partial charge in [-0.2, -0.15) is 0 Å². The van der Waals surface area contributed by atoms with Gasteiger partial charge >= 0.3 is 0 Å². The molecule has 0 bridgehead atoms. The lowest BCUT2D eigenvalue weighted by Crippen LogP contribution is -2.30. The van der Waals surface area contributed by atoms with E-state index < -0.39 is 0 Å². The Morgan fingerprint density at radius 1 is 1.29 bits per heavy atom. The van der Waals surface area contributed by atoms with Crippen molar-refractivity contribution in [3.63, 3.8) is 0 Å². The summed E-state index contributed by atoms with van der Waals surface area (Å²) in [4.78, 5) is 11.9. The molecular weight excluding hydrogens is 210 g/mol. The van der Waals surface area contributed by atoms with E-state index in [9.17, 15) is 4.79 Å². The average molecular weight is 231 g/mol. The molecule has 1 N–H and O–H groups in total. The molecule has 17 heavy (non-hydrogen) atoms. The first-order valence-corrected chi connectivity index (χ1v) is 6.52. The summed E-state index contributed by atoms with van der Waals surface area (Å²) in [5.74, 6) is 1.10. The Bertz CT molecular complexity index is 368. The van der Waals surface area contributed by atoms with E-state index >= 15 is 0 Å². The number of nitrogens with one attached hydrogen (secondary N) is 1. The second-order valence-electron chi connectivity index (χ2n) is 5.38. The van der Waals surface area contributed by atoms with Gasteiger partial charge in [-0.25, -0.2) is 0 Å². The zero-order chi connectivity index (χ0) is 12.3. The Kier molecular flexibility index (Phi) is 3.82. The molecule has 1 amide bonds. The minimum Gasteiger partial charge on any atom is -0.349 e. The minimum atomic E-state index is 0.171. The van der Waals surface area contributed by atoms with Crippen molar-refractivity contribution >= 4 is 5.91 Å². The van der Waals surface area contributed by atoms with Gasteiger partial charge in [-0.15, -0.1) is 0 Å². The highest BCUT2D eigenvalue weighted by molar-refractivity contribution is 5.81. The van der Waals surface area contributed by atoms with Crippen LogP contribution >= 0.6 is 0 Å². The van der Waals surface area contributed by atoms with Gasteiger partial charge in [0.15, 0.2) is 0 Å². The molecule has 0 spiro atoms. The number of carbonyl (C=O) groups is 1. The third-order valence-electron chi connectivity index (χ3n) is 3.17. The maximum absolute atomic E-state index is 11.9. The van der Waals surface area contributed by atoms with Crippen molar-refractivity contribution in [2.75, 3.05) is 0 Å². The van der Waals surface area contributed by atoms with Gasteiger partial charge in [0.25, 0.3) is 0 Å². The number of benzene rings is 1. The normalized spacial score (nSPS) is 16.9. The monoisotopic (exact) mass is 231 g/mol. The summed E-state index contributed by atoms with van der Waals surface area (Å²) in [7, 11) is 0. The van der Waals surface area contributed by atoms with Gasteiger partial charge in [0.05, 0.1) is 6.04 Å². The molecule has 2 nitrogen and oxygen atoms in total. The lowest BCUT2D eigenvalue weighted by Gasteiger charge is -2.21. The summed E-state index contributed by atoms with van der Waals surface area (Å²) in [5, 5.41) is 3.19. The fraction of sp³-hybridized carbons (Fsp3) is 0.533. The quantitative estimate of drug-likeness (QED) is 0.827. The Balaban J connectivity index is 2.04. The lowest BCUT2D eigenvalue weighted by atomic mass is 9.97. The van der Waals surface area contributed by atoms with Gasteiger partial charge < -0.3 is 5.32 Å². The summed E-state index contributed by atoms with van der Waals surface area (Å²) in [5.41, 5.74) is 1.22. The molecular formula is C15H21NO. The second kappa shape index (κ2) is 5.35. The van der Waals surface area contributed by atoms with E-state index in [2.05, 4.69) is 31.3 Å². The molecule has 1 aliphatic rings. The van der Waals surface area contributed by atoms with Gasteiger partial charge in [0, 0.05) is 5.92 Å². The van der Waals surface area contributed by atoms with E-state index in [0.29, 0.717) is 5.92 Å². The van der Waals surface area contributed by atoms with Crippen molar-refractivity contribution in [1.82, 2.24) is 5.32 Å². The van der Waals surface area contributed by atoms with E-state index in [1.54, 1.807) is 0 Å². The molecule has 1 aromatic rings. The number of hydrogen-bond acceptors (Lipinski definition) is 1. The fourth-order valence-electron chi connectivity index (χ4n) is 2.07. The largest absolute Gasteiger partial charge is 0.349 e. The molecule has 1 aromatic carbocycles. The van der Waals surface area contributed by atoms with Crippen molar-refractivity contribution in [2.45, 2.75) is 39.2 Å². The first-order chi connectivity index (χ1) is 8.16. The Morgan fingerprint density at radius 2 is 1.94 bits per heavy atom. The average Bonchev–Trinajstić information content (AvgIpc) is 3.12. The molecule has 2 heteroatoms. The molecule has 1 fully saturated rings. The minimum absolute atomic E-state index is 0.171. The van der Waals surface area contributed by atoms with Gasteiger partial charge in [-0.3, -0.25) is 4.79 Å². The molecule has 0 unspecified atom stereocenters. The van der Waals surface area contributed by atoms with Crippen molar-refractivity contribution in [1.29, 1.82) is 0 Å². The Morgan fingerprint density at radius 3 is 2.47 bits per heavy atom. The zero-order valence-corrected chi connectivity index (χ0v) is 10.6. The van der Waals surface area contributed by atoms with Crippen LogP contribution in [0.4, 0.5) is 0 Å². The molecule has 1 aliphatic carbocycles. The molecule has 2 rings (SSSR count). The molecule has 0 aromatic heterocycles. The second-order valence-corrected chi connectivity index (χ2v) is 5.38. The summed E-state index contributed by atoms with van der Waals surface area (Å²) in [6, 6.07) is 10.4. The molecule has 1 atom stereocenters. The van der Waals surface area contributed by atoms with Crippen LogP contribution in [0.25, 0.3) is 0 Å². The van der Waals surface area contributed by atoms with Crippen LogP contribution in [0.3, 0.4) is 0 Å². The van der Waals surface area contributed by atoms with E-state index in [-0.39, 0.29) is 17.9 Å². The van der Waals surface area contributed by atoms with Crippen molar-refractivity contribution in [3.8, 4) is 0 Å². The Labute approximate surface area is 103 Å². The van der Waals surface area contributed by atoms with Crippen molar-refractivity contribution in [2.24, 2.45) is 11.8 Å². The zero-order valence-electron chi connectivity index (χ0n) is 10.6. The highest BCUT2D eigenvalue weighted by Crippen LogP contribution is 2.30. The SMILES string of the molecule is CC(C)C[C@H](NC(=O)C1CC1)c1ccccc1.